The standard InChI is InChI=1S/C12H15ClN2S/c1-8-3-2-6-15(8)11-5-4-9(13)7-10(11)12(14)16/h4-5,7-8H,2-3,6H2,1H3,(H2,14,16). The van der Waals surface area contributed by atoms with Gasteiger partial charge in [-0.25, -0.2) is 0 Å². The van der Waals surface area contributed by atoms with E-state index < -0.39 is 0 Å². The van der Waals surface area contributed by atoms with Gasteiger partial charge in [0, 0.05) is 28.9 Å². The van der Waals surface area contributed by atoms with Gasteiger partial charge in [-0.2, -0.15) is 0 Å². The van der Waals surface area contributed by atoms with Gasteiger partial charge < -0.3 is 10.6 Å². The van der Waals surface area contributed by atoms with Crippen LogP contribution >= 0.6 is 23.8 Å². The Bertz CT molecular complexity index is 419. The minimum Gasteiger partial charge on any atom is -0.389 e. The van der Waals surface area contributed by atoms with Crippen molar-refractivity contribution >= 4 is 34.5 Å². The Balaban J connectivity index is 2.43. The molecule has 1 aliphatic heterocycles. The quantitative estimate of drug-likeness (QED) is 0.823. The zero-order valence-electron chi connectivity index (χ0n) is 9.24. The predicted molar refractivity (Wildman–Crippen MR) is 73.4 cm³/mol. The number of rotatable bonds is 2. The number of thiocarbonyl (C=S) groups is 1. The Morgan fingerprint density at radius 1 is 1.56 bits per heavy atom. The summed E-state index contributed by atoms with van der Waals surface area (Å²) in [4.78, 5) is 2.77. The molecular weight excluding hydrogens is 240 g/mol. The first kappa shape index (κ1) is 11.7. The first-order valence-electron chi connectivity index (χ1n) is 5.45. The normalized spacial score (nSPS) is 20.1. The predicted octanol–water partition coefficient (Wildman–Crippen LogP) is 2.96. The minimum atomic E-state index is 0.414. The number of nitrogens with zero attached hydrogens (tertiary/aromatic N) is 1. The van der Waals surface area contributed by atoms with Crippen molar-refractivity contribution in [3.63, 3.8) is 0 Å². The summed E-state index contributed by atoms with van der Waals surface area (Å²) in [6, 6.07) is 6.31. The van der Waals surface area contributed by atoms with Crippen LogP contribution in [0.25, 0.3) is 0 Å². The smallest absolute Gasteiger partial charge is 0.106 e. The van der Waals surface area contributed by atoms with E-state index in [0.717, 1.165) is 17.8 Å². The van der Waals surface area contributed by atoms with E-state index in [1.165, 1.54) is 12.8 Å². The van der Waals surface area contributed by atoms with Gasteiger partial charge in [-0.1, -0.05) is 23.8 Å². The third-order valence-corrected chi connectivity index (χ3v) is 3.54. The summed E-state index contributed by atoms with van der Waals surface area (Å²) in [7, 11) is 0. The van der Waals surface area contributed by atoms with Gasteiger partial charge in [0.15, 0.2) is 0 Å². The van der Waals surface area contributed by atoms with Crippen LogP contribution in [-0.2, 0) is 0 Å². The summed E-state index contributed by atoms with van der Waals surface area (Å²) < 4.78 is 0. The highest BCUT2D eigenvalue weighted by atomic mass is 35.5. The summed E-state index contributed by atoms with van der Waals surface area (Å²) in [6.07, 6.45) is 2.44. The van der Waals surface area contributed by atoms with Crippen molar-refractivity contribution in [1.29, 1.82) is 0 Å². The van der Waals surface area contributed by atoms with Gasteiger partial charge in [0.05, 0.1) is 0 Å². The molecule has 0 aliphatic carbocycles. The molecule has 0 bridgehead atoms. The van der Waals surface area contributed by atoms with Crippen LogP contribution in [0.4, 0.5) is 5.69 Å². The molecule has 0 radical (unpaired) electrons. The molecule has 2 N–H and O–H groups in total. The van der Waals surface area contributed by atoms with Crippen LogP contribution < -0.4 is 10.6 Å². The Morgan fingerprint density at radius 2 is 2.31 bits per heavy atom. The summed E-state index contributed by atoms with van der Waals surface area (Å²) in [5, 5.41) is 0.679. The lowest BCUT2D eigenvalue weighted by molar-refractivity contribution is 0.735. The largest absolute Gasteiger partial charge is 0.389 e. The maximum Gasteiger partial charge on any atom is 0.106 e. The van der Waals surface area contributed by atoms with Gasteiger partial charge >= 0.3 is 0 Å². The second kappa shape index (κ2) is 4.60. The second-order valence-corrected chi connectivity index (χ2v) is 5.09. The molecule has 16 heavy (non-hydrogen) atoms. The van der Waals surface area contributed by atoms with Crippen molar-refractivity contribution in [2.45, 2.75) is 25.8 Å². The van der Waals surface area contributed by atoms with Crippen molar-refractivity contribution in [3.05, 3.63) is 28.8 Å². The third-order valence-electron chi connectivity index (χ3n) is 3.09. The molecule has 1 saturated heterocycles. The second-order valence-electron chi connectivity index (χ2n) is 4.21. The average Bonchev–Trinajstić information content (AvgIpc) is 2.64. The number of hydrogen-bond donors (Lipinski definition) is 1. The average molecular weight is 255 g/mol. The van der Waals surface area contributed by atoms with Crippen LogP contribution in [0.2, 0.25) is 5.02 Å². The highest BCUT2D eigenvalue weighted by Gasteiger charge is 2.23. The van der Waals surface area contributed by atoms with Crippen LogP contribution in [0.3, 0.4) is 0 Å². The molecule has 1 unspecified atom stereocenters. The van der Waals surface area contributed by atoms with E-state index in [9.17, 15) is 0 Å². The van der Waals surface area contributed by atoms with Crippen molar-refractivity contribution in [3.8, 4) is 0 Å². The minimum absolute atomic E-state index is 0.414. The van der Waals surface area contributed by atoms with Gasteiger partial charge in [0.1, 0.15) is 4.99 Å². The maximum absolute atomic E-state index is 5.97. The number of hydrogen-bond acceptors (Lipinski definition) is 2. The first-order chi connectivity index (χ1) is 7.59. The van der Waals surface area contributed by atoms with Crippen LogP contribution in [0.15, 0.2) is 18.2 Å². The highest BCUT2D eigenvalue weighted by molar-refractivity contribution is 7.80. The van der Waals surface area contributed by atoms with E-state index in [-0.39, 0.29) is 0 Å². The Morgan fingerprint density at radius 3 is 2.88 bits per heavy atom. The maximum atomic E-state index is 5.97. The molecule has 0 aromatic heterocycles. The molecule has 1 heterocycles. The van der Waals surface area contributed by atoms with E-state index in [0.29, 0.717) is 16.1 Å². The van der Waals surface area contributed by atoms with E-state index in [1.807, 2.05) is 18.2 Å². The molecular formula is C12H15ClN2S. The van der Waals surface area contributed by atoms with Crippen molar-refractivity contribution in [2.75, 3.05) is 11.4 Å². The van der Waals surface area contributed by atoms with Crippen LogP contribution in [0, 0.1) is 0 Å². The molecule has 1 fully saturated rings. The molecule has 1 aliphatic rings. The number of benzene rings is 1. The Kier molecular flexibility index (Phi) is 3.36. The van der Waals surface area contributed by atoms with Gasteiger partial charge in [-0.3, -0.25) is 0 Å². The third kappa shape index (κ3) is 2.15. The number of anilines is 1. The molecule has 4 heteroatoms. The monoisotopic (exact) mass is 254 g/mol. The lowest BCUT2D eigenvalue weighted by Crippen LogP contribution is -2.28. The summed E-state index contributed by atoms with van der Waals surface area (Å²) in [5.41, 5.74) is 7.74. The molecule has 0 amide bonds. The van der Waals surface area contributed by atoms with Gasteiger partial charge in [0.25, 0.3) is 0 Å². The number of nitrogens with two attached hydrogens (primary N) is 1. The molecule has 1 aromatic carbocycles. The zero-order chi connectivity index (χ0) is 11.7. The lowest BCUT2D eigenvalue weighted by Gasteiger charge is -2.26. The van der Waals surface area contributed by atoms with Crippen molar-refractivity contribution in [1.82, 2.24) is 0 Å². The summed E-state index contributed by atoms with van der Waals surface area (Å²) >= 11 is 11.0. The fourth-order valence-corrected chi connectivity index (χ4v) is 2.58. The van der Waals surface area contributed by atoms with Gasteiger partial charge in [-0.15, -0.1) is 0 Å². The van der Waals surface area contributed by atoms with E-state index in [4.69, 9.17) is 29.6 Å². The topological polar surface area (TPSA) is 29.3 Å². The summed E-state index contributed by atoms with van der Waals surface area (Å²) in [6.45, 7) is 3.30. The van der Waals surface area contributed by atoms with Crippen LogP contribution in [-0.4, -0.2) is 17.6 Å². The summed E-state index contributed by atoms with van der Waals surface area (Å²) in [5.74, 6) is 0. The molecule has 2 nitrogen and oxygen atoms in total. The zero-order valence-corrected chi connectivity index (χ0v) is 10.8. The number of halogens is 1. The first-order valence-corrected chi connectivity index (χ1v) is 6.24. The van der Waals surface area contributed by atoms with Crippen molar-refractivity contribution < 1.29 is 0 Å². The van der Waals surface area contributed by atoms with E-state index >= 15 is 0 Å². The molecule has 86 valence electrons. The van der Waals surface area contributed by atoms with Gasteiger partial charge in [0.2, 0.25) is 0 Å². The van der Waals surface area contributed by atoms with E-state index in [1.54, 1.807) is 0 Å². The van der Waals surface area contributed by atoms with Crippen LogP contribution in [0.1, 0.15) is 25.3 Å². The fourth-order valence-electron chi connectivity index (χ4n) is 2.25. The highest BCUT2D eigenvalue weighted by Crippen LogP contribution is 2.30. The Labute approximate surface area is 106 Å². The van der Waals surface area contributed by atoms with Crippen molar-refractivity contribution in [2.24, 2.45) is 5.73 Å². The lowest BCUT2D eigenvalue weighted by atomic mass is 10.1. The SMILES string of the molecule is CC1CCCN1c1ccc(Cl)cc1C(N)=S. The molecule has 1 aromatic rings. The molecule has 0 spiro atoms. The fraction of sp³-hybridized carbons (Fsp3) is 0.417. The van der Waals surface area contributed by atoms with Gasteiger partial charge in [-0.05, 0) is 38.0 Å². The molecule has 1 atom stereocenters. The van der Waals surface area contributed by atoms with Crippen LogP contribution in [0.5, 0.6) is 0 Å². The Hall–Kier alpha value is -0.800. The molecule has 0 saturated carbocycles. The molecule has 2 rings (SSSR count). The van der Waals surface area contributed by atoms with E-state index in [2.05, 4.69) is 11.8 Å².